The van der Waals surface area contributed by atoms with Crippen LogP contribution in [-0.2, 0) is 37.0 Å². The van der Waals surface area contributed by atoms with Crippen LogP contribution in [0.25, 0.3) is 10.2 Å². The first-order valence-corrected chi connectivity index (χ1v) is 13.5. The minimum atomic E-state index is 0. The lowest BCUT2D eigenvalue weighted by Crippen LogP contribution is -2.21. The predicted octanol–water partition coefficient (Wildman–Crippen LogP) is 6.70. The molecule has 5 rings (SSSR count). The van der Waals surface area contributed by atoms with Gasteiger partial charge in [0.05, 0.1) is 23.9 Å². The molecule has 0 unspecified atom stereocenters. The van der Waals surface area contributed by atoms with E-state index in [0.29, 0.717) is 12.1 Å². The Morgan fingerprint density at radius 1 is 1.12 bits per heavy atom. The first-order valence-electron chi connectivity index (χ1n) is 11.9. The first kappa shape index (κ1) is 26.1. The van der Waals surface area contributed by atoms with Gasteiger partial charge in [-0.1, -0.05) is 14.4 Å². The number of ether oxygens (including phenoxy) is 1. The molecule has 3 aromatic heterocycles. The van der Waals surface area contributed by atoms with E-state index in [9.17, 15) is 0 Å². The molecule has 0 saturated carbocycles. The van der Waals surface area contributed by atoms with Gasteiger partial charge >= 0.3 is 0 Å². The van der Waals surface area contributed by atoms with E-state index < -0.39 is 0 Å². The largest absolute Gasteiger partial charge is 0.483 e. The molecule has 8 heteroatoms. The van der Waals surface area contributed by atoms with Crippen LogP contribution in [0.4, 0.5) is 5.00 Å². The Hall–Kier alpha value is -2.50. The number of nitrogens with one attached hydrogen (secondary N) is 1. The SMILES string of the molecule is C.CCCn1cnc2sc3c(c2c1=N)CCCC3.CCOC=Nc1sc2c(c1C#N)CCCC2. The van der Waals surface area contributed by atoms with Gasteiger partial charge in [0.1, 0.15) is 21.4 Å². The molecule has 2 aliphatic rings. The Balaban J connectivity index is 0.000000186. The number of nitriles is 1. The van der Waals surface area contributed by atoms with Crippen LogP contribution in [0.5, 0.6) is 0 Å². The van der Waals surface area contributed by atoms with Gasteiger partial charge in [-0.3, -0.25) is 5.41 Å². The quantitative estimate of drug-likeness (QED) is 0.314. The molecule has 0 aliphatic heterocycles. The normalized spacial score (nSPS) is 14.5. The number of thiophene rings is 2. The molecule has 182 valence electrons. The lowest BCUT2D eigenvalue weighted by atomic mass is 9.96. The van der Waals surface area contributed by atoms with Gasteiger partial charge in [0.2, 0.25) is 0 Å². The highest BCUT2D eigenvalue weighted by Gasteiger charge is 2.20. The van der Waals surface area contributed by atoms with Gasteiger partial charge in [0.15, 0.2) is 6.40 Å². The van der Waals surface area contributed by atoms with Crippen molar-refractivity contribution in [3.05, 3.63) is 38.3 Å². The van der Waals surface area contributed by atoms with Gasteiger partial charge in [0.25, 0.3) is 0 Å². The molecule has 2 aliphatic carbocycles. The second kappa shape index (κ2) is 12.3. The van der Waals surface area contributed by atoms with E-state index in [-0.39, 0.29) is 7.43 Å². The summed E-state index contributed by atoms with van der Waals surface area (Å²) >= 11 is 3.43. The van der Waals surface area contributed by atoms with Crippen LogP contribution in [-0.4, -0.2) is 22.6 Å². The Morgan fingerprint density at radius 3 is 2.47 bits per heavy atom. The van der Waals surface area contributed by atoms with E-state index in [1.165, 1.54) is 59.4 Å². The van der Waals surface area contributed by atoms with Crippen molar-refractivity contribution >= 4 is 44.3 Å². The highest BCUT2D eigenvalue weighted by molar-refractivity contribution is 7.18. The highest BCUT2D eigenvalue weighted by Crippen LogP contribution is 2.39. The Kier molecular flexibility index (Phi) is 9.43. The molecule has 1 N–H and O–H groups in total. The monoisotopic (exact) mass is 497 g/mol. The maximum atomic E-state index is 9.16. The molecule has 0 fully saturated rings. The van der Waals surface area contributed by atoms with E-state index in [4.69, 9.17) is 15.4 Å². The first-order chi connectivity index (χ1) is 16.2. The molecule has 3 aromatic rings. The van der Waals surface area contributed by atoms with Crippen LogP contribution >= 0.6 is 22.7 Å². The molecule has 0 radical (unpaired) electrons. The molecule has 0 saturated heterocycles. The molecule has 0 atom stereocenters. The summed E-state index contributed by atoms with van der Waals surface area (Å²) in [5, 5.41) is 19.4. The van der Waals surface area contributed by atoms with Gasteiger partial charge in [-0.2, -0.15) is 5.26 Å². The van der Waals surface area contributed by atoms with Gasteiger partial charge in [-0.15, -0.1) is 22.7 Å². The van der Waals surface area contributed by atoms with Gasteiger partial charge in [-0.25, -0.2) is 9.98 Å². The van der Waals surface area contributed by atoms with E-state index in [1.54, 1.807) is 22.7 Å². The van der Waals surface area contributed by atoms with Crippen molar-refractivity contribution in [3.63, 3.8) is 0 Å². The fraction of sp³-hybridized carbons (Fsp3) is 0.538. The molecule has 3 heterocycles. The standard InChI is InChI=1S/C13H17N3S.C12H14N2OS.CH4/c1-2-7-16-8-15-13-11(12(16)14)9-5-3-4-6-10(9)17-13;1-2-15-8-14-12-10(7-13)9-5-3-4-6-11(9)16-12;/h8,14H,2-7H2,1H3;8H,2-6H2,1H3;1H4. The number of fused-ring (bicyclic) bond motifs is 4. The summed E-state index contributed by atoms with van der Waals surface area (Å²) in [6.07, 6.45) is 13.7. The third-order valence-corrected chi connectivity index (χ3v) is 8.53. The van der Waals surface area contributed by atoms with Crippen molar-refractivity contribution in [1.82, 2.24) is 9.55 Å². The highest BCUT2D eigenvalue weighted by atomic mass is 32.1. The van der Waals surface area contributed by atoms with Crippen molar-refractivity contribution in [3.8, 4) is 6.07 Å². The molecule has 34 heavy (non-hydrogen) atoms. The lowest BCUT2D eigenvalue weighted by molar-refractivity contribution is 0.344. The lowest BCUT2D eigenvalue weighted by Gasteiger charge is -2.11. The number of nitrogens with zero attached hydrogens (tertiary/aromatic N) is 4. The zero-order valence-electron chi connectivity index (χ0n) is 19.4. The van der Waals surface area contributed by atoms with Crippen molar-refractivity contribution in [1.29, 1.82) is 10.7 Å². The van der Waals surface area contributed by atoms with E-state index in [1.807, 2.05) is 17.8 Å². The van der Waals surface area contributed by atoms with Crippen LogP contribution in [0.2, 0.25) is 0 Å². The van der Waals surface area contributed by atoms with Crippen molar-refractivity contribution in [2.24, 2.45) is 4.99 Å². The summed E-state index contributed by atoms with van der Waals surface area (Å²) < 4.78 is 7.05. The van der Waals surface area contributed by atoms with Crippen molar-refractivity contribution < 1.29 is 4.74 Å². The minimum Gasteiger partial charge on any atom is -0.483 e. The summed E-state index contributed by atoms with van der Waals surface area (Å²) in [6, 6.07) is 2.27. The summed E-state index contributed by atoms with van der Waals surface area (Å²) in [5.41, 5.74) is 4.06. The maximum Gasteiger partial charge on any atom is 0.175 e. The fourth-order valence-electron chi connectivity index (χ4n) is 4.54. The van der Waals surface area contributed by atoms with Crippen molar-refractivity contribution in [2.75, 3.05) is 6.61 Å². The van der Waals surface area contributed by atoms with Crippen LogP contribution in [0.3, 0.4) is 0 Å². The zero-order chi connectivity index (χ0) is 23.2. The average molecular weight is 498 g/mol. The summed E-state index contributed by atoms with van der Waals surface area (Å²) in [7, 11) is 0. The topological polar surface area (TPSA) is 87.1 Å². The Bertz CT molecular complexity index is 1240. The summed E-state index contributed by atoms with van der Waals surface area (Å²) in [5.74, 6) is 0. The molecule has 0 spiro atoms. The van der Waals surface area contributed by atoms with E-state index >= 15 is 0 Å². The fourth-order valence-corrected chi connectivity index (χ4v) is 6.94. The maximum absolute atomic E-state index is 9.16. The van der Waals surface area contributed by atoms with Crippen molar-refractivity contribution in [2.45, 2.75) is 85.6 Å². The van der Waals surface area contributed by atoms with Crippen LogP contribution in [0, 0.1) is 16.7 Å². The number of aliphatic imine (C=N–C) groups is 1. The molecule has 0 aromatic carbocycles. The smallest absolute Gasteiger partial charge is 0.175 e. The number of rotatable bonds is 5. The zero-order valence-corrected chi connectivity index (χ0v) is 21.1. The Labute approximate surface area is 210 Å². The molecule has 0 amide bonds. The second-order valence-corrected chi connectivity index (χ2v) is 10.5. The van der Waals surface area contributed by atoms with Crippen LogP contribution in [0.1, 0.15) is 79.8 Å². The van der Waals surface area contributed by atoms with E-state index in [0.717, 1.165) is 53.0 Å². The average Bonchev–Trinajstić information content (AvgIpc) is 3.39. The van der Waals surface area contributed by atoms with Crippen LogP contribution in [0.15, 0.2) is 11.3 Å². The van der Waals surface area contributed by atoms with Gasteiger partial charge < -0.3 is 9.30 Å². The number of hydrogen-bond donors (Lipinski definition) is 1. The number of aryl methyl sites for hydroxylation is 4. The van der Waals surface area contributed by atoms with E-state index in [2.05, 4.69) is 23.0 Å². The summed E-state index contributed by atoms with van der Waals surface area (Å²) in [4.78, 5) is 12.6. The third kappa shape index (κ3) is 5.42. The molecule has 6 nitrogen and oxygen atoms in total. The number of hydrogen-bond acceptors (Lipinski definition) is 7. The second-order valence-electron chi connectivity index (χ2n) is 8.37. The predicted molar refractivity (Wildman–Crippen MR) is 143 cm³/mol. The third-order valence-electron chi connectivity index (χ3n) is 6.13. The van der Waals surface area contributed by atoms with Crippen LogP contribution < -0.4 is 5.49 Å². The molecular formula is C26H35N5OS2. The molecule has 0 bridgehead atoms. The Morgan fingerprint density at radius 2 is 1.79 bits per heavy atom. The molecular weight excluding hydrogens is 462 g/mol. The number of aromatic nitrogens is 2. The van der Waals surface area contributed by atoms with Gasteiger partial charge in [-0.05, 0) is 75.8 Å². The summed E-state index contributed by atoms with van der Waals surface area (Å²) in [6.45, 7) is 5.55. The van der Waals surface area contributed by atoms with Gasteiger partial charge in [0, 0.05) is 16.3 Å². The minimum absolute atomic E-state index is 0.